The van der Waals surface area contributed by atoms with E-state index < -0.39 is 11.6 Å². The van der Waals surface area contributed by atoms with Crippen LogP contribution in [0.15, 0.2) is 67.2 Å². The van der Waals surface area contributed by atoms with Gasteiger partial charge in [0, 0.05) is 36.1 Å². The fourth-order valence-corrected chi connectivity index (χ4v) is 4.90. The normalized spacial score (nSPS) is 18.1. The fraction of sp³-hybridized carbons (Fsp3) is 0.241. The fourth-order valence-electron chi connectivity index (χ4n) is 4.90. The van der Waals surface area contributed by atoms with E-state index in [9.17, 15) is 8.78 Å². The average Bonchev–Trinajstić information content (AvgIpc) is 2.86. The molecule has 1 aromatic carbocycles. The summed E-state index contributed by atoms with van der Waals surface area (Å²) in [5, 5.41) is 10.9. The zero-order chi connectivity index (χ0) is 26.3. The number of anilines is 3. The minimum Gasteiger partial charge on any atom is -0.366 e. The van der Waals surface area contributed by atoms with Crippen molar-refractivity contribution < 1.29 is 8.78 Å². The Morgan fingerprint density at radius 2 is 1.89 bits per heavy atom. The number of hydrogen-bond donors (Lipinski definition) is 3. The van der Waals surface area contributed by atoms with Gasteiger partial charge in [0.25, 0.3) is 0 Å². The van der Waals surface area contributed by atoms with Gasteiger partial charge in [-0.15, -0.1) is 0 Å². The monoisotopic (exact) mass is 511 g/mol. The number of benzene rings is 1. The van der Waals surface area contributed by atoms with Crippen LogP contribution in [0.3, 0.4) is 0 Å². The summed E-state index contributed by atoms with van der Waals surface area (Å²) in [6.45, 7) is 6.30. The lowest BCUT2D eigenvalue weighted by Crippen LogP contribution is -2.49. The Bertz CT molecular complexity index is 1580. The summed E-state index contributed by atoms with van der Waals surface area (Å²) in [6, 6.07) is 7.36. The van der Waals surface area contributed by atoms with E-state index in [4.69, 9.17) is 9.97 Å². The summed E-state index contributed by atoms with van der Waals surface area (Å²) in [6.07, 6.45) is 12.2. The van der Waals surface area contributed by atoms with E-state index in [2.05, 4.69) is 39.8 Å². The molecule has 9 heteroatoms. The van der Waals surface area contributed by atoms with E-state index in [1.165, 1.54) is 18.2 Å². The van der Waals surface area contributed by atoms with Gasteiger partial charge in [0.2, 0.25) is 0 Å². The van der Waals surface area contributed by atoms with E-state index in [0.29, 0.717) is 16.9 Å². The van der Waals surface area contributed by atoms with Gasteiger partial charge in [0.15, 0.2) is 5.82 Å². The number of pyridine rings is 2. The van der Waals surface area contributed by atoms with Crippen molar-refractivity contribution in [3.63, 3.8) is 0 Å². The largest absolute Gasteiger partial charge is 0.366 e. The van der Waals surface area contributed by atoms with E-state index in [0.717, 1.165) is 41.9 Å². The summed E-state index contributed by atoms with van der Waals surface area (Å²) < 4.78 is 28.5. The SMILES string of the molecule is CC1(C)CNCCC1Nc1nc(-c2ccnc(Nc3c(F)cccc3F)c2)nc2cncc(C3=CC=C3)c12. The summed E-state index contributed by atoms with van der Waals surface area (Å²) in [5.41, 5.74) is 3.15. The minimum atomic E-state index is -0.701. The topological polar surface area (TPSA) is 87.7 Å². The molecular weight excluding hydrogens is 484 g/mol. The lowest BCUT2D eigenvalue weighted by atomic mass is 9.80. The first kappa shape index (κ1) is 24.1. The zero-order valence-electron chi connectivity index (χ0n) is 21.1. The predicted molar refractivity (Wildman–Crippen MR) is 146 cm³/mol. The van der Waals surface area contributed by atoms with Gasteiger partial charge in [0.05, 0.1) is 17.1 Å². The first-order valence-corrected chi connectivity index (χ1v) is 12.6. The number of fused-ring (bicyclic) bond motifs is 1. The van der Waals surface area contributed by atoms with Crippen LogP contribution >= 0.6 is 0 Å². The first-order chi connectivity index (χ1) is 18.4. The first-order valence-electron chi connectivity index (χ1n) is 12.6. The molecule has 1 saturated heterocycles. The van der Waals surface area contributed by atoms with Gasteiger partial charge in [-0.1, -0.05) is 38.1 Å². The number of para-hydroxylation sites is 1. The molecule has 7 nitrogen and oxygen atoms in total. The maximum atomic E-state index is 14.2. The van der Waals surface area contributed by atoms with Gasteiger partial charge in [-0.25, -0.2) is 23.7 Å². The number of hydrogen-bond acceptors (Lipinski definition) is 7. The van der Waals surface area contributed by atoms with Crippen molar-refractivity contribution in [3.8, 4) is 11.4 Å². The molecule has 1 atom stereocenters. The second kappa shape index (κ2) is 9.57. The molecule has 4 aromatic rings. The van der Waals surface area contributed by atoms with Crippen LogP contribution in [0.2, 0.25) is 0 Å². The molecule has 1 aliphatic heterocycles. The Morgan fingerprint density at radius 3 is 2.63 bits per heavy atom. The Labute approximate surface area is 219 Å². The molecule has 4 heterocycles. The molecule has 0 spiro atoms. The maximum Gasteiger partial charge on any atom is 0.162 e. The average molecular weight is 512 g/mol. The van der Waals surface area contributed by atoms with E-state index >= 15 is 0 Å². The molecule has 0 bridgehead atoms. The summed E-state index contributed by atoms with van der Waals surface area (Å²) in [4.78, 5) is 18.5. The third kappa shape index (κ3) is 4.50. The third-order valence-corrected chi connectivity index (χ3v) is 7.15. The molecular formula is C29H27F2N7. The molecule has 3 aromatic heterocycles. The Balaban J connectivity index is 1.44. The number of aromatic nitrogens is 4. The van der Waals surface area contributed by atoms with Gasteiger partial charge < -0.3 is 16.0 Å². The van der Waals surface area contributed by atoms with E-state index in [-0.39, 0.29) is 23.0 Å². The van der Waals surface area contributed by atoms with Crippen LogP contribution in [-0.2, 0) is 0 Å². The predicted octanol–water partition coefficient (Wildman–Crippen LogP) is 5.86. The number of nitrogens with one attached hydrogen (secondary N) is 3. The van der Waals surface area contributed by atoms with Crippen LogP contribution in [0.25, 0.3) is 27.9 Å². The highest BCUT2D eigenvalue weighted by atomic mass is 19.1. The van der Waals surface area contributed by atoms with Crippen LogP contribution in [0, 0.1) is 17.0 Å². The number of nitrogens with zero attached hydrogens (tertiary/aromatic N) is 4. The quantitative estimate of drug-likeness (QED) is 0.299. The molecule has 38 heavy (non-hydrogen) atoms. The molecule has 192 valence electrons. The maximum absolute atomic E-state index is 14.2. The van der Waals surface area contributed by atoms with Crippen LogP contribution in [0.1, 0.15) is 25.8 Å². The summed E-state index contributed by atoms with van der Waals surface area (Å²) >= 11 is 0. The van der Waals surface area contributed by atoms with Gasteiger partial charge >= 0.3 is 0 Å². The lowest BCUT2D eigenvalue weighted by molar-refractivity contribution is 0.236. The lowest BCUT2D eigenvalue weighted by Gasteiger charge is -2.40. The van der Waals surface area contributed by atoms with Crippen molar-refractivity contribution in [3.05, 3.63) is 84.3 Å². The second-order valence-corrected chi connectivity index (χ2v) is 10.3. The van der Waals surface area contributed by atoms with E-state index in [1.807, 2.05) is 24.4 Å². The van der Waals surface area contributed by atoms with Crippen molar-refractivity contribution in [1.29, 1.82) is 0 Å². The molecule has 2 aliphatic rings. The van der Waals surface area contributed by atoms with Gasteiger partial charge in [-0.3, -0.25) is 4.98 Å². The van der Waals surface area contributed by atoms with Crippen molar-refractivity contribution in [2.45, 2.75) is 26.3 Å². The standard InChI is InChI=1S/C29H27F2N7/c1-29(2)16-32-11-10-23(29)36-28-25-19(17-5-3-6-17)14-33-15-22(25)35-27(38-28)18-9-12-34-24(13-18)37-26-20(30)7-4-8-21(26)31/h3-9,12-15,23,32H,10-11,16H2,1-2H3,(H,34,37)(H,35,36,38). The molecule has 1 aliphatic carbocycles. The molecule has 0 saturated carbocycles. The minimum absolute atomic E-state index is 0.0100. The molecule has 0 radical (unpaired) electrons. The van der Waals surface area contributed by atoms with Crippen LogP contribution < -0.4 is 16.0 Å². The highest BCUT2D eigenvalue weighted by Crippen LogP contribution is 2.36. The zero-order valence-corrected chi connectivity index (χ0v) is 21.1. The van der Waals surface area contributed by atoms with Crippen molar-refractivity contribution in [2.75, 3.05) is 23.7 Å². The van der Waals surface area contributed by atoms with Gasteiger partial charge in [-0.05, 0) is 48.2 Å². The molecule has 0 amide bonds. The summed E-state index contributed by atoms with van der Waals surface area (Å²) in [7, 11) is 0. The number of rotatable bonds is 6. The van der Waals surface area contributed by atoms with Crippen LogP contribution in [0.5, 0.6) is 0 Å². The van der Waals surface area contributed by atoms with Crippen molar-refractivity contribution in [2.24, 2.45) is 5.41 Å². The third-order valence-electron chi connectivity index (χ3n) is 7.15. The number of halogens is 2. The Morgan fingerprint density at radius 1 is 1.08 bits per heavy atom. The van der Waals surface area contributed by atoms with Crippen molar-refractivity contribution >= 4 is 33.8 Å². The second-order valence-electron chi connectivity index (χ2n) is 10.3. The smallest absolute Gasteiger partial charge is 0.162 e. The molecule has 6 rings (SSSR count). The van der Waals surface area contributed by atoms with Gasteiger partial charge in [-0.2, -0.15) is 0 Å². The number of piperidine rings is 1. The molecule has 1 unspecified atom stereocenters. The summed E-state index contributed by atoms with van der Waals surface area (Å²) in [5.74, 6) is 0.0699. The van der Waals surface area contributed by atoms with Crippen LogP contribution in [0.4, 0.5) is 26.1 Å². The molecule has 3 N–H and O–H groups in total. The van der Waals surface area contributed by atoms with Crippen LogP contribution in [-0.4, -0.2) is 39.1 Å². The Hall–Kier alpha value is -4.24. The highest BCUT2D eigenvalue weighted by molar-refractivity contribution is 6.02. The number of allylic oxidation sites excluding steroid dienone is 4. The van der Waals surface area contributed by atoms with Crippen molar-refractivity contribution in [1.82, 2.24) is 25.3 Å². The highest BCUT2D eigenvalue weighted by Gasteiger charge is 2.33. The van der Waals surface area contributed by atoms with Gasteiger partial charge in [0.1, 0.15) is 29.0 Å². The molecule has 1 fully saturated rings. The Kier molecular flexibility index (Phi) is 6.07. The van der Waals surface area contributed by atoms with E-state index in [1.54, 1.807) is 24.5 Å².